The number of amides is 1. The van der Waals surface area contributed by atoms with Crippen LogP contribution in [0.2, 0.25) is 0 Å². The molecule has 5 nitrogen and oxygen atoms in total. The molecule has 0 spiro atoms. The number of aromatic amines is 1. The third kappa shape index (κ3) is 3.30. The smallest absolute Gasteiger partial charge is 0.254 e. The van der Waals surface area contributed by atoms with Crippen LogP contribution >= 0.6 is 11.3 Å². The molecule has 2 atom stereocenters. The summed E-state index contributed by atoms with van der Waals surface area (Å²) in [5, 5.41) is 10.4. The first kappa shape index (κ1) is 17.0. The number of rotatable bonds is 3. The number of hydrogen-bond acceptors (Lipinski definition) is 4. The summed E-state index contributed by atoms with van der Waals surface area (Å²) in [6.07, 6.45) is 1.75. The van der Waals surface area contributed by atoms with Gasteiger partial charge in [-0.3, -0.25) is 9.89 Å². The summed E-state index contributed by atoms with van der Waals surface area (Å²) in [5.74, 6) is 0.109. The van der Waals surface area contributed by atoms with E-state index in [1.165, 1.54) is 0 Å². The maximum absolute atomic E-state index is 13.0. The Balaban J connectivity index is 1.60. The molecule has 3 heterocycles. The first-order valence-electron chi connectivity index (χ1n) is 8.86. The van der Waals surface area contributed by atoms with Crippen LogP contribution in [0.3, 0.4) is 0 Å². The van der Waals surface area contributed by atoms with Crippen LogP contribution < -0.4 is 5.32 Å². The fraction of sp³-hybridized carbons (Fsp3) is 0.300. The fourth-order valence-corrected chi connectivity index (χ4v) is 4.28. The lowest BCUT2D eigenvalue weighted by molar-refractivity contribution is 0.0616. The molecule has 0 radical (unpaired) electrons. The van der Waals surface area contributed by atoms with Gasteiger partial charge in [0.15, 0.2) is 0 Å². The number of nitrogens with one attached hydrogen (secondary N) is 2. The molecule has 0 saturated carbocycles. The molecule has 1 saturated heterocycles. The quantitative estimate of drug-likeness (QED) is 0.744. The molecule has 6 heteroatoms. The molecule has 1 aliphatic heterocycles. The van der Waals surface area contributed by atoms with Gasteiger partial charge in [0.05, 0.1) is 10.6 Å². The van der Waals surface area contributed by atoms with E-state index in [1.807, 2.05) is 29.2 Å². The van der Waals surface area contributed by atoms with E-state index in [-0.39, 0.29) is 11.9 Å². The van der Waals surface area contributed by atoms with E-state index in [2.05, 4.69) is 47.6 Å². The number of carbonyl (C=O) groups is 1. The highest BCUT2D eigenvalue weighted by Crippen LogP contribution is 2.34. The maximum atomic E-state index is 13.0. The highest BCUT2D eigenvalue weighted by Gasteiger charge is 2.27. The summed E-state index contributed by atoms with van der Waals surface area (Å²) < 4.78 is 0. The zero-order valence-corrected chi connectivity index (χ0v) is 15.7. The average Bonchev–Trinajstić information content (AvgIpc) is 3.34. The molecular weight excluding hydrogens is 344 g/mol. The molecule has 2 aromatic heterocycles. The fourth-order valence-electron chi connectivity index (χ4n) is 3.31. The Kier molecular flexibility index (Phi) is 4.61. The predicted octanol–water partition coefficient (Wildman–Crippen LogP) is 3.63. The molecule has 2 N–H and O–H groups in total. The van der Waals surface area contributed by atoms with Crippen LogP contribution in [0.5, 0.6) is 0 Å². The molecule has 1 aliphatic rings. The number of piperazine rings is 1. The van der Waals surface area contributed by atoms with Crippen molar-refractivity contribution in [3.05, 3.63) is 54.2 Å². The average molecular weight is 366 g/mol. The van der Waals surface area contributed by atoms with Crippen LogP contribution in [0.1, 0.15) is 24.2 Å². The van der Waals surface area contributed by atoms with Crippen molar-refractivity contribution in [3.8, 4) is 21.0 Å². The van der Waals surface area contributed by atoms with Crippen molar-refractivity contribution in [3.63, 3.8) is 0 Å². The minimum atomic E-state index is 0.109. The normalized spacial score (nSPS) is 20.3. The summed E-state index contributed by atoms with van der Waals surface area (Å²) in [6.45, 7) is 5.79. The Morgan fingerprint density at radius 2 is 2.04 bits per heavy atom. The lowest BCUT2D eigenvalue weighted by atomic mass is 10.1. The van der Waals surface area contributed by atoms with Gasteiger partial charge >= 0.3 is 0 Å². The largest absolute Gasteiger partial charge is 0.333 e. The topological polar surface area (TPSA) is 61.0 Å². The van der Waals surface area contributed by atoms with Crippen LogP contribution in [0.25, 0.3) is 21.0 Å². The van der Waals surface area contributed by atoms with Crippen molar-refractivity contribution in [1.29, 1.82) is 0 Å². The van der Waals surface area contributed by atoms with Gasteiger partial charge in [-0.15, -0.1) is 11.3 Å². The number of thiophene rings is 1. The van der Waals surface area contributed by atoms with Crippen LogP contribution in [0.4, 0.5) is 0 Å². The van der Waals surface area contributed by atoms with Crippen LogP contribution in [0, 0.1) is 0 Å². The number of benzene rings is 1. The summed E-state index contributed by atoms with van der Waals surface area (Å²) in [4.78, 5) is 17.3. The molecule has 3 aromatic rings. The van der Waals surface area contributed by atoms with E-state index in [0.717, 1.165) is 39.7 Å². The van der Waals surface area contributed by atoms with Crippen molar-refractivity contribution in [2.45, 2.75) is 25.9 Å². The predicted molar refractivity (Wildman–Crippen MR) is 105 cm³/mol. The number of nitrogens with zero attached hydrogens (tertiary/aromatic N) is 2. The molecule has 0 unspecified atom stereocenters. The third-order valence-electron chi connectivity index (χ3n) is 4.79. The molecule has 1 fully saturated rings. The van der Waals surface area contributed by atoms with E-state index in [1.54, 1.807) is 17.5 Å². The van der Waals surface area contributed by atoms with E-state index < -0.39 is 0 Å². The lowest BCUT2D eigenvalue weighted by Crippen LogP contribution is -2.56. The number of H-pyrrole nitrogens is 1. The molecule has 0 aliphatic carbocycles. The summed E-state index contributed by atoms with van der Waals surface area (Å²) in [5.41, 5.74) is 2.83. The Bertz CT molecular complexity index is 902. The minimum absolute atomic E-state index is 0.109. The second-order valence-electron chi connectivity index (χ2n) is 6.83. The first-order chi connectivity index (χ1) is 12.6. The minimum Gasteiger partial charge on any atom is -0.333 e. The Morgan fingerprint density at radius 1 is 1.19 bits per heavy atom. The second-order valence-corrected chi connectivity index (χ2v) is 7.91. The SMILES string of the molecule is C[C@@H]1CN(C(=O)c2cccc(-c3ccc(-c4ccn[nH]4)s3)c2)[C@@H](C)CN1. The summed E-state index contributed by atoms with van der Waals surface area (Å²) in [6, 6.07) is 14.6. The zero-order chi connectivity index (χ0) is 18.1. The van der Waals surface area contributed by atoms with E-state index in [0.29, 0.717) is 6.04 Å². The van der Waals surface area contributed by atoms with Gasteiger partial charge < -0.3 is 10.2 Å². The van der Waals surface area contributed by atoms with Gasteiger partial charge in [0, 0.05) is 41.8 Å². The summed E-state index contributed by atoms with van der Waals surface area (Å²) in [7, 11) is 0. The standard InChI is InChI=1S/C20H22N4OS/c1-13-12-24(14(2)11-21-13)20(25)16-5-3-4-15(10-16)18-6-7-19(26-18)17-8-9-22-23-17/h3-10,13-14,21H,11-12H2,1-2H3,(H,22,23)/t13-,14+/m1/s1. The van der Waals surface area contributed by atoms with Crippen molar-refractivity contribution >= 4 is 17.2 Å². The first-order valence-corrected chi connectivity index (χ1v) is 9.68. The Labute approximate surface area is 157 Å². The number of hydrogen-bond donors (Lipinski definition) is 2. The van der Waals surface area contributed by atoms with Crippen molar-refractivity contribution < 1.29 is 4.79 Å². The molecule has 1 aromatic carbocycles. The molecule has 0 bridgehead atoms. The Morgan fingerprint density at radius 3 is 2.85 bits per heavy atom. The van der Waals surface area contributed by atoms with Crippen LogP contribution in [0.15, 0.2) is 48.7 Å². The van der Waals surface area contributed by atoms with Gasteiger partial charge in [0.25, 0.3) is 5.91 Å². The highest BCUT2D eigenvalue weighted by atomic mass is 32.1. The second kappa shape index (κ2) is 7.05. The van der Waals surface area contributed by atoms with Gasteiger partial charge in [0.2, 0.25) is 0 Å². The Hall–Kier alpha value is -2.44. The lowest BCUT2D eigenvalue weighted by Gasteiger charge is -2.37. The third-order valence-corrected chi connectivity index (χ3v) is 5.96. The summed E-state index contributed by atoms with van der Waals surface area (Å²) >= 11 is 1.69. The zero-order valence-electron chi connectivity index (χ0n) is 14.9. The van der Waals surface area contributed by atoms with E-state index in [4.69, 9.17) is 0 Å². The van der Waals surface area contributed by atoms with E-state index in [9.17, 15) is 4.79 Å². The number of carbonyl (C=O) groups excluding carboxylic acids is 1. The van der Waals surface area contributed by atoms with Crippen molar-refractivity contribution in [2.24, 2.45) is 0 Å². The van der Waals surface area contributed by atoms with Gasteiger partial charge in [-0.2, -0.15) is 5.10 Å². The molecule has 1 amide bonds. The van der Waals surface area contributed by atoms with Crippen molar-refractivity contribution in [2.75, 3.05) is 13.1 Å². The van der Waals surface area contributed by atoms with Crippen molar-refractivity contribution in [1.82, 2.24) is 20.4 Å². The van der Waals surface area contributed by atoms with Gasteiger partial charge in [-0.05, 0) is 49.7 Å². The monoisotopic (exact) mass is 366 g/mol. The molecule has 26 heavy (non-hydrogen) atoms. The highest BCUT2D eigenvalue weighted by molar-refractivity contribution is 7.18. The maximum Gasteiger partial charge on any atom is 0.254 e. The van der Waals surface area contributed by atoms with Gasteiger partial charge in [-0.1, -0.05) is 12.1 Å². The van der Waals surface area contributed by atoms with Gasteiger partial charge in [0.1, 0.15) is 0 Å². The van der Waals surface area contributed by atoms with Gasteiger partial charge in [-0.25, -0.2) is 0 Å². The number of aromatic nitrogens is 2. The van der Waals surface area contributed by atoms with Crippen LogP contribution in [-0.2, 0) is 0 Å². The molecule has 134 valence electrons. The molecule has 4 rings (SSSR count). The van der Waals surface area contributed by atoms with E-state index >= 15 is 0 Å². The van der Waals surface area contributed by atoms with Crippen LogP contribution in [-0.4, -0.2) is 46.2 Å². The molecular formula is C20H22N4OS.